The molecule has 0 N–H and O–H groups in total. The number of aromatic nitrogens is 1. The monoisotopic (exact) mass is 381 g/mol. The lowest BCUT2D eigenvalue weighted by atomic mass is 9.98. The summed E-state index contributed by atoms with van der Waals surface area (Å²) in [4.78, 5) is 12.1. The van der Waals surface area contributed by atoms with E-state index in [-0.39, 0.29) is 23.4 Å². The molecule has 26 heavy (non-hydrogen) atoms. The van der Waals surface area contributed by atoms with E-state index in [1.165, 1.54) is 14.0 Å². The third-order valence-corrected chi connectivity index (χ3v) is 5.84. The van der Waals surface area contributed by atoms with E-state index < -0.39 is 25.7 Å². The van der Waals surface area contributed by atoms with Crippen LogP contribution in [0.2, 0.25) is 25.7 Å². The fraction of sp³-hybridized carbons (Fsp3) is 0.421. The van der Waals surface area contributed by atoms with Crippen molar-refractivity contribution in [1.82, 2.24) is 4.57 Å². The summed E-state index contributed by atoms with van der Waals surface area (Å²) >= 11 is 0. The molecule has 1 aromatic carbocycles. The zero-order chi connectivity index (χ0) is 19.5. The zero-order valence-corrected chi connectivity index (χ0v) is 16.9. The Morgan fingerprint density at radius 2 is 1.81 bits per heavy atom. The fourth-order valence-corrected chi connectivity index (χ4v) is 3.34. The first-order valence-corrected chi connectivity index (χ1v) is 12.2. The molecule has 1 heterocycles. The predicted molar refractivity (Wildman–Crippen MR) is 100.0 cm³/mol. The number of rotatable bonds is 7. The molecule has 0 amide bonds. The summed E-state index contributed by atoms with van der Waals surface area (Å²) in [6.45, 7) is 9.10. The number of esters is 1. The van der Waals surface area contributed by atoms with Crippen molar-refractivity contribution in [2.24, 2.45) is 0 Å². The molecule has 0 saturated heterocycles. The Balaban J connectivity index is 2.33. The van der Waals surface area contributed by atoms with Gasteiger partial charge >= 0.3 is 5.97 Å². The van der Waals surface area contributed by atoms with Gasteiger partial charge in [-0.15, -0.1) is 0 Å². The number of methoxy groups -OCH3 is 1. The van der Waals surface area contributed by atoms with Crippen molar-refractivity contribution in [3.05, 3.63) is 47.3 Å². The number of ether oxygens (including phenoxy) is 2. The molecule has 0 aliphatic rings. The maximum Gasteiger partial charge on any atom is 0.340 e. The van der Waals surface area contributed by atoms with Gasteiger partial charge in [-0.05, 0) is 30.7 Å². The molecule has 0 aliphatic heterocycles. The molecule has 0 radical (unpaired) electrons. The molecule has 0 bridgehead atoms. The van der Waals surface area contributed by atoms with Gasteiger partial charge in [0.1, 0.15) is 18.4 Å². The van der Waals surface area contributed by atoms with Crippen molar-refractivity contribution >= 4 is 14.0 Å². The van der Waals surface area contributed by atoms with Gasteiger partial charge in [-0.1, -0.05) is 19.6 Å². The summed E-state index contributed by atoms with van der Waals surface area (Å²) in [6.07, 6.45) is 3.13. The van der Waals surface area contributed by atoms with Crippen LogP contribution in [-0.4, -0.2) is 32.3 Å². The number of carbonyl (C=O) groups excluding carboxylic acids is 1. The van der Waals surface area contributed by atoms with Gasteiger partial charge in [-0.3, -0.25) is 0 Å². The first-order valence-electron chi connectivity index (χ1n) is 8.45. The highest BCUT2D eigenvalue weighted by Gasteiger charge is 2.22. The van der Waals surface area contributed by atoms with E-state index >= 15 is 0 Å². The number of nitrogens with zero attached hydrogens (tertiary/aromatic N) is 1. The molecule has 0 atom stereocenters. The SMILES string of the molecule is COC(=O)c1cn(COCC[Si](C)(C)C)cc1-c1c(F)ccc(F)c1C. The maximum absolute atomic E-state index is 14.4. The minimum atomic E-state index is -1.20. The first-order chi connectivity index (χ1) is 12.1. The van der Waals surface area contributed by atoms with E-state index in [1.54, 1.807) is 17.0 Å². The van der Waals surface area contributed by atoms with Crippen molar-refractivity contribution in [3.8, 4) is 11.1 Å². The third-order valence-electron chi connectivity index (χ3n) is 4.14. The van der Waals surface area contributed by atoms with Crippen molar-refractivity contribution in [2.75, 3.05) is 13.7 Å². The van der Waals surface area contributed by atoms with Crippen LogP contribution in [0.15, 0.2) is 24.5 Å². The minimum Gasteiger partial charge on any atom is -0.465 e. The van der Waals surface area contributed by atoms with Gasteiger partial charge < -0.3 is 14.0 Å². The van der Waals surface area contributed by atoms with E-state index in [4.69, 9.17) is 9.47 Å². The Labute approximate surface area is 153 Å². The minimum absolute atomic E-state index is 0.0613. The molecule has 0 unspecified atom stereocenters. The van der Waals surface area contributed by atoms with Crippen LogP contribution in [0.3, 0.4) is 0 Å². The zero-order valence-electron chi connectivity index (χ0n) is 15.9. The Bertz CT molecular complexity index is 797. The highest BCUT2D eigenvalue weighted by atomic mass is 28.3. The van der Waals surface area contributed by atoms with Crippen LogP contribution < -0.4 is 0 Å². The maximum atomic E-state index is 14.4. The molecule has 142 valence electrons. The summed E-state index contributed by atoms with van der Waals surface area (Å²) in [5.41, 5.74) is 0.674. The molecule has 0 aliphatic carbocycles. The number of hydrogen-bond donors (Lipinski definition) is 0. The van der Waals surface area contributed by atoms with E-state index in [0.717, 1.165) is 18.2 Å². The van der Waals surface area contributed by atoms with Crippen molar-refractivity contribution in [1.29, 1.82) is 0 Å². The third kappa shape index (κ3) is 4.79. The fourth-order valence-electron chi connectivity index (χ4n) is 2.59. The summed E-state index contributed by atoms with van der Waals surface area (Å²) in [5, 5.41) is 0. The highest BCUT2D eigenvalue weighted by Crippen LogP contribution is 2.32. The van der Waals surface area contributed by atoms with E-state index in [0.29, 0.717) is 12.2 Å². The second-order valence-corrected chi connectivity index (χ2v) is 13.1. The standard InChI is InChI=1S/C19H25F2NO3Si/c1-13-16(20)6-7-17(21)18(13)14-10-22(11-15(14)19(23)24-2)12-25-8-9-26(3,4)5/h6-7,10-11H,8-9,12H2,1-5H3. The average molecular weight is 381 g/mol. The van der Waals surface area contributed by atoms with Crippen LogP contribution in [0.5, 0.6) is 0 Å². The molecule has 2 rings (SSSR count). The van der Waals surface area contributed by atoms with Crippen LogP contribution in [-0.2, 0) is 16.2 Å². The summed E-state index contributed by atoms with van der Waals surface area (Å²) in [5.74, 6) is -1.73. The first kappa shape index (κ1) is 20.3. The molecular weight excluding hydrogens is 356 g/mol. The molecule has 4 nitrogen and oxygen atoms in total. The molecule has 0 fully saturated rings. The molecular formula is C19H25F2NO3Si. The van der Waals surface area contributed by atoms with E-state index in [9.17, 15) is 13.6 Å². The van der Waals surface area contributed by atoms with Gasteiger partial charge in [0.15, 0.2) is 0 Å². The van der Waals surface area contributed by atoms with Crippen molar-refractivity contribution < 1.29 is 23.0 Å². The van der Waals surface area contributed by atoms with E-state index in [2.05, 4.69) is 19.6 Å². The van der Waals surface area contributed by atoms with Crippen LogP contribution in [0.25, 0.3) is 11.1 Å². The van der Waals surface area contributed by atoms with Gasteiger partial charge in [-0.2, -0.15) is 0 Å². The molecule has 1 aromatic heterocycles. The second-order valence-electron chi connectivity index (χ2n) is 7.47. The van der Waals surface area contributed by atoms with Crippen molar-refractivity contribution in [2.45, 2.75) is 39.3 Å². The van der Waals surface area contributed by atoms with Crippen molar-refractivity contribution in [3.63, 3.8) is 0 Å². The largest absolute Gasteiger partial charge is 0.465 e. The number of halogens is 2. The molecule has 0 saturated carbocycles. The Morgan fingerprint density at radius 3 is 2.42 bits per heavy atom. The molecule has 2 aromatic rings. The second kappa shape index (κ2) is 8.14. The normalized spacial score (nSPS) is 11.7. The average Bonchev–Trinajstić information content (AvgIpc) is 2.98. The Kier molecular flexibility index (Phi) is 6.36. The lowest BCUT2D eigenvalue weighted by molar-refractivity contribution is 0.0599. The number of hydrogen-bond acceptors (Lipinski definition) is 3. The summed E-state index contributed by atoms with van der Waals surface area (Å²) in [7, 11) is 0.0544. The quantitative estimate of drug-likeness (QED) is 0.391. The Hall–Kier alpha value is -1.99. The predicted octanol–water partition coefficient (Wildman–Crippen LogP) is 4.84. The number of benzene rings is 1. The van der Waals surface area contributed by atoms with Crippen LogP contribution in [0, 0.1) is 18.6 Å². The topological polar surface area (TPSA) is 40.5 Å². The lowest BCUT2D eigenvalue weighted by Gasteiger charge is -2.15. The van der Waals surface area contributed by atoms with E-state index in [1.807, 2.05) is 0 Å². The van der Waals surface area contributed by atoms with Gasteiger partial charge in [0.25, 0.3) is 0 Å². The highest BCUT2D eigenvalue weighted by molar-refractivity contribution is 6.76. The van der Waals surface area contributed by atoms with Gasteiger partial charge in [0.05, 0.1) is 12.7 Å². The molecule has 7 heteroatoms. The van der Waals surface area contributed by atoms with Gasteiger partial charge in [-0.25, -0.2) is 13.6 Å². The smallest absolute Gasteiger partial charge is 0.340 e. The Morgan fingerprint density at radius 1 is 1.15 bits per heavy atom. The number of carbonyl (C=O) groups is 1. The molecule has 0 spiro atoms. The van der Waals surface area contributed by atoms with Crippen LogP contribution in [0.1, 0.15) is 15.9 Å². The van der Waals surface area contributed by atoms with Gasteiger partial charge in [0.2, 0.25) is 0 Å². The van der Waals surface area contributed by atoms with Gasteiger partial charge in [0, 0.05) is 38.2 Å². The van der Waals surface area contributed by atoms with Crippen LogP contribution >= 0.6 is 0 Å². The summed E-state index contributed by atoms with van der Waals surface area (Å²) < 4.78 is 40.4. The lowest BCUT2D eigenvalue weighted by Crippen LogP contribution is -2.21. The summed E-state index contributed by atoms with van der Waals surface area (Å²) in [6, 6.07) is 3.14. The van der Waals surface area contributed by atoms with Crippen LogP contribution in [0.4, 0.5) is 8.78 Å².